The minimum absolute atomic E-state index is 0.132. The van der Waals surface area contributed by atoms with Crippen LogP contribution in [0.4, 0.5) is 5.69 Å². The Morgan fingerprint density at radius 2 is 1.82 bits per heavy atom. The van der Waals surface area contributed by atoms with Crippen molar-refractivity contribution in [1.82, 2.24) is 4.98 Å². The summed E-state index contributed by atoms with van der Waals surface area (Å²) in [7, 11) is -3.88. The Labute approximate surface area is 210 Å². The van der Waals surface area contributed by atoms with Gasteiger partial charge in [0, 0.05) is 32.1 Å². The molecule has 0 unspecified atom stereocenters. The average molecular weight is 551 g/mol. The van der Waals surface area contributed by atoms with Gasteiger partial charge >= 0.3 is 0 Å². The van der Waals surface area contributed by atoms with Crippen molar-refractivity contribution in [3.8, 4) is 5.75 Å². The molecular formula is C26H19BrN2O3S2. The van der Waals surface area contributed by atoms with Gasteiger partial charge < -0.3 is 5.11 Å². The van der Waals surface area contributed by atoms with E-state index in [1.807, 2.05) is 54.6 Å². The number of phenolic OH excluding ortho intramolecular Hbond substituents is 1. The van der Waals surface area contributed by atoms with Gasteiger partial charge in [0.25, 0.3) is 10.0 Å². The first-order valence-electron chi connectivity index (χ1n) is 10.4. The van der Waals surface area contributed by atoms with Crippen LogP contribution in [0.2, 0.25) is 0 Å². The van der Waals surface area contributed by atoms with Crippen LogP contribution in [0.25, 0.3) is 17.0 Å². The number of halogens is 1. The molecule has 3 aromatic carbocycles. The Kier molecular flexibility index (Phi) is 6.20. The second kappa shape index (κ2) is 9.29. The van der Waals surface area contributed by atoms with Gasteiger partial charge in [0.2, 0.25) is 0 Å². The normalized spacial score (nSPS) is 13.0. The summed E-state index contributed by atoms with van der Waals surface area (Å²) in [4.78, 5) is 6.05. The minimum atomic E-state index is -3.88. The lowest BCUT2D eigenvalue weighted by molar-refractivity contribution is 0.456. The maximum atomic E-state index is 13.3. The van der Waals surface area contributed by atoms with E-state index in [1.54, 1.807) is 36.5 Å². The number of hydrogen-bond donors (Lipinski definition) is 2. The fourth-order valence-corrected chi connectivity index (χ4v) is 6.95. The van der Waals surface area contributed by atoms with Crippen LogP contribution in [-0.4, -0.2) is 18.5 Å². The number of phenols is 1. The predicted molar refractivity (Wildman–Crippen MR) is 141 cm³/mol. The monoisotopic (exact) mass is 550 g/mol. The molecule has 1 aliphatic rings. The summed E-state index contributed by atoms with van der Waals surface area (Å²) in [5, 5.41) is 12.2. The molecule has 1 heterocycles. The zero-order chi connectivity index (χ0) is 23.7. The molecule has 1 aliphatic carbocycles. The zero-order valence-electron chi connectivity index (χ0n) is 17.8. The number of benzene rings is 3. The van der Waals surface area contributed by atoms with E-state index < -0.39 is 10.0 Å². The number of rotatable bonds is 5. The number of allylic oxidation sites excluding steroid dienone is 3. The standard InChI is InChI=1S/C26H19BrN2O3S2/c27-20-12-4-5-14-24(20)34(31,32)29-21-16-23(26(30)19-11-3-1-2-10-18(19)21)33-22-13-6-8-17-9-7-15-28-25(17)22/h1-10,12-16,29-30H,11H2. The fraction of sp³-hybridized carbons (Fsp3) is 0.0385. The van der Waals surface area contributed by atoms with E-state index >= 15 is 0 Å². The Hall–Kier alpha value is -3.07. The Morgan fingerprint density at radius 1 is 1.00 bits per heavy atom. The topological polar surface area (TPSA) is 79.3 Å². The molecule has 0 fully saturated rings. The van der Waals surface area contributed by atoms with Crippen LogP contribution in [0, 0.1) is 0 Å². The molecule has 0 aliphatic heterocycles. The zero-order valence-corrected chi connectivity index (χ0v) is 21.0. The molecule has 34 heavy (non-hydrogen) atoms. The first-order chi connectivity index (χ1) is 16.4. The van der Waals surface area contributed by atoms with Crippen molar-refractivity contribution in [2.75, 3.05) is 4.72 Å². The summed E-state index contributed by atoms with van der Waals surface area (Å²) in [6, 6.07) is 18.1. The second-order valence-corrected chi connectivity index (χ2v) is 11.2. The second-order valence-electron chi connectivity index (χ2n) is 7.62. The molecule has 0 radical (unpaired) electrons. The number of aromatic nitrogens is 1. The van der Waals surface area contributed by atoms with Crippen molar-refractivity contribution in [1.29, 1.82) is 0 Å². The molecule has 2 N–H and O–H groups in total. The third-order valence-corrected chi connectivity index (χ3v) is 8.89. The molecule has 0 bridgehead atoms. The van der Waals surface area contributed by atoms with Crippen LogP contribution in [-0.2, 0) is 16.4 Å². The summed E-state index contributed by atoms with van der Waals surface area (Å²) >= 11 is 4.69. The maximum absolute atomic E-state index is 13.3. The smallest absolute Gasteiger partial charge is 0.263 e. The van der Waals surface area contributed by atoms with Gasteiger partial charge in [-0.05, 0) is 52.7 Å². The third kappa shape index (κ3) is 4.36. The lowest BCUT2D eigenvalue weighted by Crippen LogP contribution is -2.15. The van der Waals surface area contributed by atoms with E-state index in [2.05, 4.69) is 25.6 Å². The number of para-hydroxylation sites is 1. The van der Waals surface area contributed by atoms with E-state index in [1.165, 1.54) is 11.8 Å². The van der Waals surface area contributed by atoms with E-state index in [-0.39, 0.29) is 10.6 Å². The average Bonchev–Trinajstić information content (AvgIpc) is 3.09. The third-order valence-electron chi connectivity index (χ3n) is 5.43. The van der Waals surface area contributed by atoms with Gasteiger partial charge in [-0.3, -0.25) is 9.71 Å². The van der Waals surface area contributed by atoms with Crippen LogP contribution in [0.3, 0.4) is 0 Å². The molecule has 0 atom stereocenters. The number of fused-ring (bicyclic) bond motifs is 2. The number of anilines is 1. The molecule has 4 aromatic rings. The molecular weight excluding hydrogens is 532 g/mol. The number of aromatic hydroxyl groups is 1. The van der Waals surface area contributed by atoms with Crippen LogP contribution in [0.1, 0.15) is 11.1 Å². The van der Waals surface area contributed by atoms with Crippen molar-refractivity contribution < 1.29 is 13.5 Å². The van der Waals surface area contributed by atoms with E-state index in [9.17, 15) is 13.5 Å². The molecule has 5 nitrogen and oxygen atoms in total. The highest BCUT2D eigenvalue weighted by molar-refractivity contribution is 9.10. The number of nitrogens with one attached hydrogen (secondary N) is 1. The van der Waals surface area contributed by atoms with Crippen molar-refractivity contribution >= 4 is 60.4 Å². The van der Waals surface area contributed by atoms with Crippen LogP contribution in [0.5, 0.6) is 5.75 Å². The lowest BCUT2D eigenvalue weighted by atomic mass is 10.0. The van der Waals surface area contributed by atoms with E-state index in [0.717, 1.165) is 15.8 Å². The number of pyridine rings is 1. The largest absolute Gasteiger partial charge is 0.506 e. The van der Waals surface area contributed by atoms with Crippen molar-refractivity contribution in [2.45, 2.75) is 21.1 Å². The molecule has 0 saturated heterocycles. The first kappa shape index (κ1) is 22.7. The summed E-state index contributed by atoms with van der Waals surface area (Å²) in [5.74, 6) is 0.132. The van der Waals surface area contributed by atoms with Gasteiger partial charge in [0.05, 0.1) is 16.1 Å². The highest BCUT2D eigenvalue weighted by Crippen LogP contribution is 2.44. The summed E-state index contributed by atoms with van der Waals surface area (Å²) < 4.78 is 29.7. The highest BCUT2D eigenvalue weighted by atomic mass is 79.9. The van der Waals surface area contributed by atoms with Crippen LogP contribution < -0.4 is 4.72 Å². The summed E-state index contributed by atoms with van der Waals surface area (Å²) in [6.07, 6.45) is 9.67. The fourth-order valence-electron chi connectivity index (χ4n) is 3.83. The SMILES string of the molecule is O=S(=O)(Nc1cc(Sc2cccc3cccnc23)c(O)c2c1C=CC=CC2)c1ccccc1Br. The minimum Gasteiger partial charge on any atom is -0.506 e. The molecule has 0 spiro atoms. The van der Waals surface area contributed by atoms with Gasteiger partial charge in [0.15, 0.2) is 0 Å². The molecule has 1 aromatic heterocycles. The quantitative estimate of drug-likeness (QED) is 0.268. The van der Waals surface area contributed by atoms with Crippen molar-refractivity contribution in [2.24, 2.45) is 0 Å². The van der Waals surface area contributed by atoms with Crippen LogP contribution >= 0.6 is 27.7 Å². The van der Waals surface area contributed by atoms with Gasteiger partial charge in [-0.1, -0.05) is 66.4 Å². The molecule has 170 valence electrons. The summed E-state index contributed by atoms with van der Waals surface area (Å²) in [6.45, 7) is 0. The Balaban J connectivity index is 1.64. The van der Waals surface area contributed by atoms with E-state index in [0.29, 0.717) is 32.6 Å². The van der Waals surface area contributed by atoms with Crippen molar-refractivity contribution in [3.05, 3.63) is 101 Å². The Morgan fingerprint density at radius 3 is 2.68 bits per heavy atom. The first-order valence-corrected chi connectivity index (χ1v) is 13.5. The number of nitrogens with zero attached hydrogens (tertiary/aromatic N) is 1. The highest BCUT2D eigenvalue weighted by Gasteiger charge is 2.23. The molecule has 8 heteroatoms. The molecule has 0 saturated carbocycles. The summed E-state index contributed by atoms with van der Waals surface area (Å²) in [5.41, 5.74) is 2.52. The maximum Gasteiger partial charge on any atom is 0.263 e. The number of sulfonamides is 1. The lowest BCUT2D eigenvalue weighted by Gasteiger charge is -2.18. The molecule has 5 rings (SSSR count). The van der Waals surface area contributed by atoms with Gasteiger partial charge in [0.1, 0.15) is 10.6 Å². The molecule has 0 amide bonds. The Bertz CT molecular complexity index is 1580. The van der Waals surface area contributed by atoms with Crippen LogP contribution in [0.15, 0.2) is 104 Å². The van der Waals surface area contributed by atoms with Gasteiger partial charge in [-0.25, -0.2) is 8.42 Å². The predicted octanol–water partition coefficient (Wildman–Crippen LogP) is 6.78. The number of hydrogen-bond acceptors (Lipinski definition) is 5. The van der Waals surface area contributed by atoms with Gasteiger partial charge in [-0.15, -0.1) is 0 Å². The van der Waals surface area contributed by atoms with E-state index in [4.69, 9.17) is 0 Å². The van der Waals surface area contributed by atoms with Gasteiger partial charge in [-0.2, -0.15) is 0 Å². The van der Waals surface area contributed by atoms with Crippen molar-refractivity contribution in [3.63, 3.8) is 0 Å².